The molecule has 22 heavy (non-hydrogen) atoms. The monoisotopic (exact) mass is 295 g/mol. The van der Waals surface area contributed by atoms with Gasteiger partial charge in [0.25, 0.3) is 0 Å². The number of pyridine rings is 1. The molecule has 0 aliphatic carbocycles. The van der Waals surface area contributed by atoms with Gasteiger partial charge in [0, 0.05) is 17.7 Å². The second-order valence-electron chi connectivity index (χ2n) is 5.51. The van der Waals surface area contributed by atoms with Gasteiger partial charge in [0.2, 0.25) is 0 Å². The van der Waals surface area contributed by atoms with Gasteiger partial charge < -0.3 is 14.9 Å². The summed E-state index contributed by atoms with van der Waals surface area (Å²) in [7, 11) is 1.69. The number of nitrogens with two attached hydrogens (primary N) is 1. The van der Waals surface area contributed by atoms with E-state index in [9.17, 15) is 0 Å². The molecule has 4 nitrogen and oxygen atoms in total. The van der Waals surface area contributed by atoms with Crippen LogP contribution < -0.4 is 10.5 Å². The maximum Gasteiger partial charge on any atom is 0.137 e. The number of imidazole rings is 1. The maximum absolute atomic E-state index is 5.84. The zero-order valence-electron chi connectivity index (χ0n) is 13.3. The minimum absolute atomic E-state index is 0.587. The van der Waals surface area contributed by atoms with E-state index in [0.717, 1.165) is 40.5 Å². The second-order valence-corrected chi connectivity index (χ2v) is 5.51. The number of rotatable bonds is 4. The van der Waals surface area contributed by atoms with E-state index in [0.29, 0.717) is 6.54 Å². The van der Waals surface area contributed by atoms with Crippen LogP contribution in [-0.4, -0.2) is 23.0 Å². The Balaban J connectivity index is 2.33. The lowest BCUT2D eigenvalue weighted by Crippen LogP contribution is -2.07. The fourth-order valence-corrected chi connectivity index (χ4v) is 2.92. The Bertz CT molecular complexity index is 821. The molecule has 2 aromatic heterocycles. The molecule has 0 aliphatic rings. The predicted molar refractivity (Wildman–Crippen MR) is 89.4 cm³/mol. The highest BCUT2D eigenvalue weighted by molar-refractivity contribution is 5.73. The fraction of sp³-hybridized carbons (Fsp3) is 0.278. The molecule has 0 radical (unpaired) electrons. The molecular weight excluding hydrogens is 274 g/mol. The molecule has 2 heterocycles. The number of aromatic nitrogens is 2. The number of aryl methyl sites for hydroxylation is 2. The van der Waals surface area contributed by atoms with Gasteiger partial charge in [-0.15, -0.1) is 0 Å². The first-order chi connectivity index (χ1) is 10.7. The molecule has 0 saturated carbocycles. The van der Waals surface area contributed by atoms with Crippen LogP contribution in [0.3, 0.4) is 0 Å². The van der Waals surface area contributed by atoms with Crippen LogP contribution in [-0.2, 0) is 6.42 Å². The maximum atomic E-state index is 5.84. The lowest BCUT2D eigenvalue weighted by Gasteiger charge is -2.10. The third-order valence-corrected chi connectivity index (χ3v) is 3.93. The number of hydrogen-bond donors (Lipinski definition) is 1. The minimum atomic E-state index is 0.587. The zero-order chi connectivity index (χ0) is 15.7. The summed E-state index contributed by atoms with van der Waals surface area (Å²) in [6.45, 7) is 4.75. The molecule has 4 heteroatoms. The molecule has 0 bridgehead atoms. The molecule has 0 atom stereocenters. The fourth-order valence-electron chi connectivity index (χ4n) is 2.92. The summed E-state index contributed by atoms with van der Waals surface area (Å²) in [5.41, 5.74) is 12.2. The molecular formula is C18H21N3O. The van der Waals surface area contributed by atoms with E-state index in [1.165, 1.54) is 5.56 Å². The average Bonchev–Trinajstić information content (AvgIpc) is 2.87. The van der Waals surface area contributed by atoms with E-state index >= 15 is 0 Å². The first kappa shape index (κ1) is 14.6. The van der Waals surface area contributed by atoms with Gasteiger partial charge in [0.05, 0.1) is 18.5 Å². The number of hydrogen-bond acceptors (Lipinski definition) is 3. The van der Waals surface area contributed by atoms with Gasteiger partial charge in [-0.05, 0) is 44.7 Å². The average molecular weight is 295 g/mol. The number of ether oxygens (including phenoxy) is 1. The summed E-state index contributed by atoms with van der Waals surface area (Å²) in [5, 5.41) is 0. The molecule has 1 aromatic carbocycles. The van der Waals surface area contributed by atoms with E-state index < -0.39 is 0 Å². The SMILES string of the molecule is COc1ccc(C)cc1-c1nc2cccc(C)n2c1CCN. The summed E-state index contributed by atoms with van der Waals surface area (Å²) in [6.07, 6.45) is 0.776. The van der Waals surface area contributed by atoms with Crippen molar-refractivity contribution in [2.45, 2.75) is 20.3 Å². The Morgan fingerprint density at radius 2 is 2.00 bits per heavy atom. The Kier molecular flexibility index (Phi) is 3.86. The van der Waals surface area contributed by atoms with E-state index in [4.69, 9.17) is 15.5 Å². The van der Waals surface area contributed by atoms with Crippen LogP contribution >= 0.6 is 0 Å². The third-order valence-electron chi connectivity index (χ3n) is 3.93. The quantitative estimate of drug-likeness (QED) is 0.804. The molecule has 0 saturated heterocycles. The first-order valence-electron chi connectivity index (χ1n) is 7.47. The minimum Gasteiger partial charge on any atom is -0.496 e. The Labute approximate surface area is 130 Å². The van der Waals surface area contributed by atoms with E-state index in [-0.39, 0.29) is 0 Å². The summed E-state index contributed by atoms with van der Waals surface area (Å²) in [6, 6.07) is 12.3. The summed E-state index contributed by atoms with van der Waals surface area (Å²) >= 11 is 0. The van der Waals surface area contributed by atoms with Crippen LogP contribution in [0.2, 0.25) is 0 Å². The number of benzene rings is 1. The van der Waals surface area contributed by atoms with Crippen molar-refractivity contribution in [2.75, 3.05) is 13.7 Å². The molecule has 2 N–H and O–H groups in total. The molecule has 3 aromatic rings. The number of methoxy groups -OCH3 is 1. The van der Waals surface area contributed by atoms with Crippen LogP contribution in [0.4, 0.5) is 0 Å². The van der Waals surface area contributed by atoms with Crippen molar-refractivity contribution in [3.05, 3.63) is 53.3 Å². The summed E-state index contributed by atoms with van der Waals surface area (Å²) < 4.78 is 7.72. The van der Waals surface area contributed by atoms with Crippen LogP contribution in [0, 0.1) is 13.8 Å². The van der Waals surface area contributed by atoms with Gasteiger partial charge >= 0.3 is 0 Å². The van der Waals surface area contributed by atoms with Crippen LogP contribution in [0.1, 0.15) is 17.0 Å². The smallest absolute Gasteiger partial charge is 0.137 e. The van der Waals surface area contributed by atoms with Gasteiger partial charge in [-0.2, -0.15) is 0 Å². The van der Waals surface area contributed by atoms with Crippen LogP contribution in [0.5, 0.6) is 5.75 Å². The highest BCUT2D eigenvalue weighted by Gasteiger charge is 2.17. The van der Waals surface area contributed by atoms with Crippen molar-refractivity contribution in [1.29, 1.82) is 0 Å². The molecule has 114 valence electrons. The summed E-state index contributed by atoms with van der Waals surface area (Å²) in [4.78, 5) is 4.84. The lowest BCUT2D eigenvalue weighted by molar-refractivity contribution is 0.416. The molecule has 0 aliphatic heterocycles. The number of fused-ring (bicyclic) bond motifs is 1. The van der Waals surface area contributed by atoms with Crippen molar-refractivity contribution >= 4 is 5.65 Å². The lowest BCUT2D eigenvalue weighted by atomic mass is 10.0. The van der Waals surface area contributed by atoms with Gasteiger partial charge in [-0.3, -0.25) is 0 Å². The van der Waals surface area contributed by atoms with Crippen molar-refractivity contribution < 1.29 is 4.74 Å². The van der Waals surface area contributed by atoms with Gasteiger partial charge in [-0.25, -0.2) is 4.98 Å². The molecule has 3 rings (SSSR count). The molecule has 0 amide bonds. The Hall–Kier alpha value is -2.33. The molecule has 0 spiro atoms. The first-order valence-corrected chi connectivity index (χ1v) is 7.47. The Morgan fingerprint density at radius 3 is 2.73 bits per heavy atom. The van der Waals surface area contributed by atoms with Crippen molar-refractivity contribution in [1.82, 2.24) is 9.38 Å². The summed E-state index contributed by atoms with van der Waals surface area (Å²) in [5.74, 6) is 0.838. The second kappa shape index (κ2) is 5.81. The van der Waals surface area contributed by atoms with Gasteiger partial charge in [-0.1, -0.05) is 17.7 Å². The van der Waals surface area contributed by atoms with Gasteiger partial charge in [0.15, 0.2) is 0 Å². The number of nitrogens with zero attached hydrogens (tertiary/aromatic N) is 2. The normalized spacial score (nSPS) is 11.1. The zero-order valence-corrected chi connectivity index (χ0v) is 13.3. The van der Waals surface area contributed by atoms with Crippen molar-refractivity contribution in [2.24, 2.45) is 5.73 Å². The van der Waals surface area contributed by atoms with E-state index in [2.05, 4.69) is 30.4 Å². The third kappa shape index (κ3) is 2.35. The standard InChI is InChI=1S/C18H21N3O/c1-12-7-8-16(22-3)14(11-12)18-15(9-10-19)21-13(2)5-4-6-17(21)20-18/h4-8,11H,9-10,19H2,1-3H3. The highest BCUT2D eigenvalue weighted by atomic mass is 16.5. The van der Waals surface area contributed by atoms with Crippen molar-refractivity contribution in [3.8, 4) is 17.0 Å². The highest BCUT2D eigenvalue weighted by Crippen LogP contribution is 2.33. The molecule has 0 unspecified atom stereocenters. The Morgan fingerprint density at radius 1 is 1.18 bits per heavy atom. The van der Waals surface area contributed by atoms with Crippen LogP contribution in [0.15, 0.2) is 36.4 Å². The van der Waals surface area contributed by atoms with E-state index in [1.54, 1.807) is 7.11 Å². The van der Waals surface area contributed by atoms with Crippen LogP contribution in [0.25, 0.3) is 16.9 Å². The van der Waals surface area contributed by atoms with Gasteiger partial charge in [0.1, 0.15) is 11.4 Å². The topological polar surface area (TPSA) is 52.5 Å². The van der Waals surface area contributed by atoms with Crippen molar-refractivity contribution in [3.63, 3.8) is 0 Å². The van der Waals surface area contributed by atoms with E-state index in [1.807, 2.05) is 24.3 Å². The predicted octanol–water partition coefficient (Wildman–Crippen LogP) is 3.13. The largest absolute Gasteiger partial charge is 0.496 e. The molecule has 0 fully saturated rings.